The second-order valence-electron chi connectivity index (χ2n) is 5.02. The van der Waals surface area contributed by atoms with Gasteiger partial charge in [-0.15, -0.1) is 0 Å². The summed E-state index contributed by atoms with van der Waals surface area (Å²) >= 11 is 5.86. The zero-order valence-corrected chi connectivity index (χ0v) is 13.5. The smallest absolute Gasteiger partial charge is 0.178 e. The van der Waals surface area contributed by atoms with Gasteiger partial charge in [0.2, 0.25) is 0 Å². The molecule has 2 aromatic heterocycles. The van der Waals surface area contributed by atoms with Crippen LogP contribution in [0, 0.1) is 13.8 Å². The molecule has 2 rings (SSSR count). The van der Waals surface area contributed by atoms with E-state index in [0.717, 1.165) is 43.0 Å². The molecule has 0 aromatic carbocycles. The van der Waals surface area contributed by atoms with Gasteiger partial charge in [0.05, 0.1) is 5.02 Å². The van der Waals surface area contributed by atoms with Gasteiger partial charge in [0.25, 0.3) is 0 Å². The average Bonchev–Trinajstić information content (AvgIpc) is 2.46. The molecule has 2 heterocycles. The summed E-state index contributed by atoms with van der Waals surface area (Å²) in [5, 5.41) is 3.95. The Balaban J connectivity index is 2.18. The normalized spacial score (nSPS) is 10.9. The molecule has 0 atom stereocenters. The molecule has 0 amide bonds. The number of hydrogen-bond donors (Lipinski definition) is 1. The summed E-state index contributed by atoms with van der Waals surface area (Å²) in [6.45, 7) is 8.23. The highest BCUT2D eigenvalue weighted by Gasteiger charge is 2.10. The molecule has 0 unspecified atom stereocenters. The molecule has 4 nitrogen and oxygen atoms in total. The molecule has 0 saturated carbocycles. The molecule has 0 fully saturated rings. The number of rotatable bonds is 6. The first-order valence-corrected chi connectivity index (χ1v) is 7.66. The number of pyridine rings is 1. The molecule has 1 N–H and O–H groups in total. The molecule has 0 aliphatic heterocycles. The molecule has 21 heavy (non-hydrogen) atoms. The maximum atomic E-state index is 5.86. The molecular weight excluding hydrogens is 284 g/mol. The zero-order chi connectivity index (χ0) is 15.2. The summed E-state index contributed by atoms with van der Waals surface area (Å²) in [6.07, 6.45) is 3.71. The molecule has 0 saturated heterocycles. The van der Waals surface area contributed by atoms with E-state index in [9.17, 15) is 0 Å². The Morgan fingerprint density at radius 1 is 1.14 bits per heavy atom. The molecule has 0 aliphatic rings. The Labute approximate surface area is 131 Å². The van der Waals surface area contributed by atoms with Crippen molar-refractivity contribution in [1.29, 1.82) is 0 Å². The quantitative estimate of drug-likeness (QED) is 0.832. The van der Waals surface area contributed by atoms with Gasteiger partial charge in [-0.05, 0) is 57.5 Å². The first kappa shape index (κ1) is 15.9. The first-order valence-electron chi connectivity index (χ1n) is 7.28. The highest BCUT2D eigenvalue weighted by atomic mass is 35.5. The van der Waals surface area contributed by atoms with E-state index < -0.39 is 0 Å². The second kappa shape index (κ2) is 7.48. The van der Waals surface area contributed by atoms with Crippen molar-refractivity contribution in [2.45, 2.75) is 33.6 Å². The van der Waals surface area contributed by atoms with E-state index in [0.29, 0.717) is 10.8 Å². The van der Waals surface area contributed by atoms with Crippen LogP contribution in [0.2, 0.25) is 5.02 Å². The third kappa shape index (κ3) is 4.22. The summed E-state index contributed by atoms with van der Waals surface area (Å²) < 4.78 is 0. The first-order chi connectivity index (χ1) is 10.1. The van der Waals surface area contributed by atoms with Crippen molar-refractivity contribution in [1.82, 2.24) is 20.3 Å². The summed E-state index contributed by atoms with van der Waals surface area (Å²) in [5.74, 6) is 0.664. The van der Waals surface area contributed by atoms with E-state index in [4.69, 9.17) is 11.6 Å². The van der Waals surface area contributed by atoms with Gasteiger partial charge in [-0.1, -0.05) is 18.5 Å². The molecule has 0 bridgehead atoms. The third-order valence-corrected chi connectivity index (χ3v) is 3.63. The van der Waals surface area contributed by atoms with E-state index in [1.54, 1.807) is 6.20 Å². The number of halogens is 1. The lowest BCUT2D eigenvalue weighted by Gasteiger charge is -2.11. The minimum absolute atomic E-state index is 0.618. The predicted octanol–water partition coefficient (Wildman–Crippen LogP) is 3.35. The SMILES string of the molecule is CCNCCCc1c(C)nc(-c2ccc(Cl)cn2)nc1C. The minimum atomic E-state index is 0.618. The van der Waals surface area contributed by atoms with Gasteiger partial charge in [0, 0.05) is 17.6 Å². The lowest BCUT2D eigenvalue weighted by atomic mass is 10.1. The molecule has 0 aliphatic carbocycles. The van der Waals surface area contributed by atoms with Crippen molar-refractivity contribution in [3.8, 4) is 11.5 Å². The fourth-order valence-corrected chi connectivity index (χ4v) is 2.40. The van der Waals surface area contributed by atoms with Crippen LogP contribution in [-0.2, 0) is 6.42 Å². The van der Waals surface area contributed by atoms with Crippen molar-refractivity contribution in [2.24, 2.45) is 0 Å². The van der Waals surface area contributed by atoms with Crippen LogP contribution in [-0.4, -0.2) is 28.0 Å². The maximum Gasteiger partial charge on any atom is 0.178 e. The van der Waals surface area contributed by atoms with Crippen LogP contribution in [0.5, 0.6) is 0 Å². The largest absolute Gasteiger partial charge is 0.317 e. The topological polar surface area (TPSA) is 50.7 Å². The van der Waals surface area contributed by atoms with Gasteiger partial charge in [-0.2, -0.15) is 0 Å². The van der Waals surface area contributed by atoms with E-state index in [2.05, 4.69) is 27.2 Å². The summed E-state index contributed by atoms with van der Waals surface area (Å²) in [5.41, 5.74) is 4.06. The summed E-state index contributed by atoms with van der Waals surface area (Å²) in [4.78, 5) is 13.5. The summed E-state index contributed by atoms with van der Waals surface area (Å²) in [6, 6.07) is 3.66. The molecule has 0 spiro atoms. The van der Waals surface area contributed by atoms with E-state index >= 15 is 0 Å². The van der Waals surface area contributed by atoms with Gasteiger partial charge < -0.3 is 5.32 Å². The zero-order valence-electron chi connectivity index (χ0n) is 12.8. The van der Waals surface area contributed by atoms with E-state index in [1.807, 2.05) is 26.0 Å². The number of nitrogens with one attached hydrogen (secondary N) is 1. The Morgan fingerprint density at radius 2 is 1.86 bits per heavy atom. The van der Waals surface area contributed by atoms with Crippen molar-refractivity contribution in [2.75, 3.05) is 13.1 Å². The van der Waals surface area contributed by atoms with Crippen LogP contribution in [0.1, 0.15) is 30.3 Å². The number of hydrogen-bond acceptors (Lipinski definition) is 4. The van der Waals surface area contributed by atoms with Crippen LogP contribution in [0.25, 0.3) is 11.5 Å². The molecule has 5 heteroatoms. The van der Waals surface area contributed by atoms with Crippen LogP contribution >= 0.6 is 11.6 Å². The van der Waals surface area contributed by atoms with Gasteiger partial charge >= 0.3 is 0 Å². The average molecular weight is 305 g/mol. The fourth-order valence-electron chi connectivity index (χ4n) is 2.29. The van der Waals surface area contributed by atoms with E-state index in [-0.39, 0.29) is 0 Å². The molecular formula is C16H21ClN4. The Kier molecular flexibility index (Phi) is 5.65. The Hall–Kier alpha value is -1.52. The van der Waals surface area contributed by atoms with Gasteiger partial charge in [-0.25, -0.2) is 9.97 Å². The van der Waals surface area contributed by atoms with Gasteiger partial charge in [-0.3, -0.25) is 4.98 Å². The standard InChI is InChI=1S/C16H21ClN4/c1-4-18-9-5-6-14-11(2)20-16(21-12(14)3)15-8-7-13(17)10-19-15/h7-8,10,18H,4-6,9H2,1-3H3. The fraction of sp³-hybridized carbons (Fsp3) is 0.438. The van der Waals surface area contributed by atoms with Crippen molar-refractivity contribution in [3.63, 3.8) is 0 Å². The lowest BCUT2D eigenvalue weighted by molar-refractivity contribution is 0.667. The Bertz CT molecular complexity index is 573. The minimum Gasteiger partial charge on any atom is -0.317 e. The van der Waals surface area contributed by atoms with Crippen LogP contribution < -0.4 is 5.32 Å². The van der Waals surface area contributed by atoms with Crippen molar-refractivity contribution in [3.05, 3.63) is 40.3 Å². The maximum absolute atomic E-state index is 5.86. The molecule has 112 valence electrons. The highest BCUT2D eigenvalue weighted by Crippen LogP contribution is 2.19. The van der Waals surface area contributed by atoms with Crippen molar-refractivity contribution >= 4 is 11.6 Å². The lowest BCUT2D eigenvalue weighted by Crippen LogP contribution is -2.15. The van der Waals surface area contributed by atoms with Gasteiger partial charge in [0.15, 0.2) is 5.82 Å². The monoisotopic (exact) mass is 304 g/mol. The number of aromatic nitrogens is 3. The highest BCUT2D eigenvalue weighted by molar-refractivity contribution is 6.30. The number of nitrogens with zero attached hydrogens (tertiary/aromatic N) is 3. The van der Waals surface area contributed by atoms with Gasteiger partial charge in [0.1, 0.15) is 5.69 Å². The number of aryl methyl sites for hydroxylation is 2. The van der Waals surface area contributed by atoms with Crippen LogP contribution in [0.15, 0.2) is 18.3 Å². The third-order valence-electron chi connectivity index (χ3n) is 3.41. The van der Waals surface area contributed by atoms with Crippen molar-refractivity contribution < 1.29 is 0 Å². The summed E-state index contributed by atoms with van der Waals surface area (Å²) in [7, 11) is 0. The second-order valence-corrected chi connectivity index (χ2v) is 5.45. The Morgan fingerprint density at radius 3 is 2.43 bits per heavy atom. The van der Waals surface area contributed by atoms with Crippen LogP contribution in [0.3, 0.4) is 0 Å². The predicted molar refractivity (Wildman–Crippen MR) is 86.6 cm³/mol. The van der Waals surface area contributed by atoms with E-state index in [1.165, 1.54) is 5.56 Å². The molecule has 0 radical (unpaired) electrons. The molecule has 2 aromatic rings. The van der Waals surface area contributed by atoms with Crippen LogP contribution in [0.4, 0.5) is 0 Å².